The number of carbonyl (C=O) groups excluding carboxylic acids is 1. The zero-order valence-electron chi connectivity index (χ0n) is 15.9. The number of nitrogens with one attached hydrogen (secondary N) is 1. The summed E-state index contributed by atoms with van der Waals surface area (Å²) in [4.78, 5) is 17.8. The normalized spacial score (nSPS) is 21.8. The first-order valence-electron chi connectivity index (χ1n) is 9.08. The Morgan fingerprint density at radius 2 is 2.08 bits per heavy atom. The van der Waals surface area contributed by atoms with Gasteiger partial charge in [-0.3, -0.25) is 9.79 Å². The van der Waals surface area contributed by atoms with Gasteiger partial charge in [0.1, 0.15) is 0 Å². The summed E-state index contributed by atoms with van der Waals surface area (Å²) in [5.74, 6) is -0.216. The Balaban J connectivity index is 2.32. The van der Waals surface area contributed by atoms with Gasteiger partial charge in [-0.25, -0.2) is 0 Å². The van der Waals surface area contributed by atoms with Crippen molar-refractivity contribution in [2.45, 2.75) is 45.4 Å². The van der Waals surface area contributed by atoms with Crippen LogP contribution in [0.5, 0.6) is 0 Å². The average molecular weight is 340 g/mol. The maximum absolute atomic E-state index is 13.2. The second-order valence-corrected chi connectivity index (χ2v) is 7.78. The molecule has 0 amide bonds. The Morgan fingerprint density at radius 3 is 2.68 bits per heavy atom. The van der Waals surface area contributed by atoms with Crippen molar-refractivity contribution < 1.29 is 9.90 Å². The van der Waals surface area contributed by atoms with E-state index in [2.05, 4.69) is 30.2 Å². The molecule has 4 heteroatoms. The topological polar surface area (TPSA) is 61.7 Å². The molecule has 134 valence electrons. The highest BCUT2D eigenvalue weighted by Crippen LogP contribution is 2.42. The smallest absolute Gasteiger partial charge is 0.192 e. The molecule has 1 unspecified atom stereocenters. The number of aliphatic imine (C=N–C) groups is 1. The van der Waals surface area contributed by atoms with E-state index in [0.29, 0.717) is 5.57 Å². The van der Waals surface area contributed by atoms with Gasteiger partial charge in [-0.2, -0.15) is 0 Å². The monoisotopic (exact) mass is 340 g/mol. The lowest BCUT2D eigenvalue weighted by molar-refractivity contribution is 0.101. The van der Waals surface area contributed by atoms with Crippen molar-refractivity contribution in [2.75, 3.05) is 20.7 Å². The molecule has 0 aliphatic heterocycles. The number of hydrogen-bond donors (Lipinski definition) is 2. The molecule has 1 atom stereocenters. The average Bonchev–Trinajstić information content (AvgIpc) is 2.60. The van der Waals surface area contributed by atoms with Crippen LogP contribution in [0.3, 0.4) is 0 Å². The van der Waals surface area contributed by atoms with Crippen LogP contribution in [0.4, 0.5) is 0 Å². The molecule has 0 saturated carbocycles. The van der Waals surface area contributed by atoms with Gasteiger partial charge in [0.05, 0.1) is 11.4 Å². The van der Waals surface area contributed by atoms with E-state index in [1.54, 1.807) is 7.05 Å². The summed E-state index contributed by atoms with van der Waals surface area (Å²) in [5.41, 5.74) is 6.69. The molecular formula is C21H28N2O2. The molecule has 0 aromatic heterocycles. The van der Waals surface area contributed by atoms with E-state index in [9.17, 15) is 9.90 Å². The number of aliphatic hydroxyl groups excluding tert-OH is 1. The highest BCUT2D eigenvalue weighted by Gasteiger charge is 2.37. The quantitative estimate of drug-likeness (QED) is 0.889. The largest absolute Gasteiger partial charge is 0.396 e. The molecule has 2 aliphatic rings. The van der Waals surface area contributed by atoms with Gasteiger partial charge in [-0.05, 0) is 35.8 Å². The van der Waals surface area contributed by atoms with Crippen molar-refractivity contribution in [3.8, 4) is 0 Å². The van der Waals surface area contributed by atoms with Gasteiger partial charge in [0, 0.05) is 43.3 Å². The van der Waals surface area contributed by atoms with Gasteiger partial charge in [-0.1, -0.05) is 32.9 Å². The molecule has 2 aliphatic carbocycles. The van der Waals surface area contributed by atoms with Crippen molar-refractivity contribution in [3.63, 3.8) is 0 Å². The Kier molecular flexibility index (Phi) is 4.58. The summed E-state index contributed by atoms with van der Waals surface area (Å²) in [5, 5.41) is 12.8. The highest BCUT2D eigenvalue weighted by molar-refractivity contribution is 6.29. The molecule has 1 aromatic rings. The lowest BCUT2D eigenvalue weighted by atomic mass is 9.68. The van der Waals surface area contributed by atoms with Crippen LogP contribution < -0.4 is 5.32 Å². The summed E-state index contributed by atoms with van der Waals surface area (Å²) >= 11 is 0. The number of allylic oxidation sites excluding steroid dienone is 1. The van der Waals surface area contributed by atoms with Gasteiger partial charge in [-0.15, -0.1) is 0 Å². The number of Topliss-reactive ketones (excluding diaryl/α,β-unsaturated/α-hetero) is 1. The van der Waals surface area contributed by atoms with Crippen molar-refractivity contribution in [1.29, 1.82) is 0 Å². The highest BCUT2D eigenvalue weighted by atomic mass is 16.3. The first-order valence-corrected chi connectivity index (χ1v) is 9.08. The summed E-state index contributed by atoms with van der Waals surface area (Å²) in [6, 6.07) is 4.09. The van der Waals surface area contributed by atoms with Gasteiger partial charge in [0.15, 0.2) is 5.78 Å². The minimum Gasteiger partial charge on any atom is -0.396 e. The van der Waals surface area contributed by atoms with E-state index >= 15 is 0 Å². The first-order chi connectivity index (χ1) is 11.9. The number of aliphatic hydroxyl groups is 1. The van der Waals surface area contributed by atoms with Crippen LogP contribution in [0, 0.1) is 5.92 Å². The van der Waals surface area contributed by atoms with E-state index in [4.69, 9.17) is 0 Å². The minimum absolute atomic E-state index is 0.0134. The number of rotatable bonds is 3. The Hall–Kier alpha value is -1.94. The fourth-order valence-electron chi connectivity index (χ4n) is 4.39. The Morgan fingerprint density at radius 1 is 1.36 bits per heavy atom. The first kappa shape index (κ1) is 17.9. The van der Waals surface area contributed by atoms with Crippen LogP contribution in [0.1, 0.15) is 60.7 Å². The Bertz CT molecular complexity index is 787. The van der Waals surface area contributed by atoms with Crippen LogP contribution in [0.15, 0.2) is 28.4 Å². The van der Waals surface area contributed by atoms with E-state index in [0.717, 1.165) is 41.8 Å². The number of ketones is 1. The number of likely N-dealkylation sites (N-methyl/N-ethyl adjacent to an activating group) is 1. The van der Waals surface area contributed by atoms with Gasteiger partial charge in [0.2, 0.25) is 0 Å². The molecule has 4 nitrogen and oxygen atoms in total. The molecule has 0 radical (unpaired) electrons. The van der Waals surface area contributed by atoms with Crippen LogP contribution >= 0.6 is 0 Å². The van der Waals surface area contributed by atoms with E-state index in [1.165, 1.54) is 11.1 Å². The summed E-state index contributed by atoms with van der Waals surface area (Å²) in [7, 11) is 3.60. The van der Waals surface area contributed by atoms with Crippen molar-refractivity contribution in [2.24, 2.45) is 10.9 Å². The minimum atomic E-state index is -0.229. The number of nitrogens with zero attached hydrogens (tertiary/aromatic N) is 1. The standard InChI is InChI=1S/C21H28N2O2/c1-12(11-24)16-18(22-4)19(23-5)17-13-7-6-10-21(2,3)15(13)9-8-14(17)20(16)25/h8-9,12,22,24H,6-7,10-11H2,1-5H3. The van der Waals surface area contributed by atoms with Gasteiger partial charge < -0.3 is 10.4 Å². The maximum atomic E-state index is 13.2. The predicted molar refractivity (Wildman–Crippen MR) is 102 cm³/mol. The molecule has 1 aromatic carbocycles. The van der Waals surface area contributed by atoms with Crippen LogP contribution in [-0.2, 0) is 11.8 Å². The van der Waals surface area contributed by atoms with E-state index < -0.39 is 0 Å². The van der Waals surface area contributed by atoms with Crippen LogP contribution in [0.25, 0.3) is 0 Å². The van der Waals surface area contributed by atoms with E-state index in [-0.39, 0.29) is 23.7 Å². The number of hydrogen-bond acceptors (Lipinski definition) is 4. The van der Waals surface area contributed by atoms with E-state index in [1.807, 2.05) is 20.0 Å². The molecule has 0 spiro atoms. The molecule has 0 fully saturated rings. The third-order valence-corrected chi connectivity index (χ3v) is 5.74. The maximum Gasteiger partial charge on any atom is 0.192 e. The lowest BCUT2D eigenvalue weighted by Crippen LogP contribution is -2.35. The zero-order valence-corrected chi connectivity index (χ0v) is 15.9. The molecule has 3 rings (SSSR count). The Labute approximate surface area is 150 Å². The molecule has 0 bridgehead atoms. The summed E-state index contributed by atoms with van der Waals surface area (Å²) < 4.78 is 0. The predicted octanol–water partition coefficient (Wildman–Crippen LogP) is 3.02. The van der Waals surface area contributed by atoms with Crippen molar-refractivity contribution in [1.82, 2.24) is 5.32 Å². The van der Waals surface area contributed by atoms with Crippen molar-refractivity contribution >= 4 is 11.5 Å². The number of fused-ring (bicyclic) bond motifs is 3. The summed E-state index contributed by atoms with van der Waals surface area (Å²) in [6.07, 6.45) is 3.27. The third-order valence-electron chi connectivity index (χ3n) is 5.74. The number of carbonyl (C=O) groups is 1. The molecule has 25 heavy (non-hydrogen) atoms. The van der Waals surface area contributed by atoms with Crippen molar-refractivity contribution in [3.05, 3.63) is 45.7 Å². The molecule has 2 N–H and O–H groups in total. The third kappa shape index (κ3) is 2.63. The fraction of sp³-hybridized carbons (Fsp3) is 0.524. The second kappa shape index (κ2) is 6.41. The van der Waals surface area contributed by atoms with Gasteiger partial charge in [0.25, 0.3) is 0 Å². The zero-order chi connectivity index (χ0) is 18.4. The molecule has 0 heterocycles. The number of benzene rings is 1. The lowest BCUT2D eigenvalue weighted by Gasteiger charge is -2.36. The van der Waals surface area contributed by atoms with Gasteiger partial charge >= 0.3 is 0 Å². The SMILES string of the molecule is CN=C1C(NC)=C(C(C)CO)C(=O)c2ccc3c(c21)CCCC3(C)C. The summed E-state index contributed by atoms with van der Waals surface area (Å²) in [6.45, 7) is 6.37. The molecular weight excluding hydrogens is 312 g/mol. The van der Waals surface area contributed by atoms with Crippen LogP contribution in [-0.4, -0.2) is 37.3 Å². The second-order valence-electron chi connectivity index (χ2n) is 7.78. The van der Waals surface area contributed by atoms with Crippen LogP contribution in [0.2, 0.25) is 0 Å². The molecule has 0 saturated heterocycles. The fourth-order valence-corrected chi connectivity index (χ4v) is 4.39.